The van der Waals surface area contributed by atoms with Crippen LogP contribution in [0.15, 0.2) is 48.7 Å². The van der Waals surface area contributed by atoms with Crippen LogP contribution in [0, 0.1) is 0 Å². The Morgan fingerprint density at radius 1 is 1.12 bits per heavy atom. The average molecular weight is 248 g/mol. The van der Waals surface area contributed by atoms with E-state index in [0.29, 0.717) is 16.4 Å². The van der Waals surface area contributed by atoms with Crippen LogP contribution in [-0.2, 0) is 0 Å². The van der Waals surface area contributed by atoms with Gasteiger partial charge in [0.15, 0.2) is 0 Å². The maximum Gasteiger partial charge on any atom is 0.288 e. The predicted molar refractivity (Wildman–Crippen MR) is 66.8 cm³/mol. The summed E-state index contributed by atoms with van der Waals surface area (Å²) in [5.41, 5.74) is 6.24. The van der Waals surface area contributed by atoms with Crippen molar-refractivity contribution in [3.05, 3.63) is 59.4 Å². The lowest BCUT2D eigenvalue weighted by molar-refractivity contribution is 0.0958. The minimum absolute atomic E-state index is 0.314. The zero-order valence-electron chi connectivity index (χ0n) is 8.85. The van der Waals surface area contributed by atoms with Crippen molar-refractivity contribution in [2.24, 2.45) is 0 Å². The van der Waals surface area contributed by atoms with Crippen LogP contribution >= 0.6 is 11.6 Å². The molecule has 1 aromatic heterocycles. The topological polar surface area (TPSA) is 54.0 Å². The Hall–Kier alpha value is -2.07. The third-order valence-electron chi connectivity index (χ3n) is 2.08. The largest absolute Gasteiger partial charge is 0.297 e. The number of aromatic nitrogens is 1. The van der Waals surface area contributed by atoms with Crippen molar-refractivity contribution in [3.63, 3.8) is 0 Å². The lowest BCUT2D eigenvalue weighted by Crippen LogP contribution is -2.30. The van der Waals surface area contributed by atoms with E-state index in [1.54, 1.807) is 36.5 Å². The number of nitrogens with one attached hydrogen (secondary N) is 2. The fourth-order valence-corrected chi connectivity index (χ4v) is 1.43. The highest BCUT2D eigenvalue weighted by atomic mass is 35.5. The number of hydrogen-bond donors (Lipinski definition) is 2. The number of anilines is 1. The molecular weight excluding hydrogens is 238 g/mol. The van der Waals surface area contributed by atoms with Crippen LogP contribution < -0.4 is 10.9 Å². The molecule has 17 heavy (non-hydrogen) atoms. The molecule has 0 aliphatic carbocycles. The van der Waals surface area contributed by atoms with Crippen molar-refractivity contribution in [2.45, 2.75) is 0 Å². The SMILES string of the molecule is O=C(NNc1ccccc1Cl)c1ccccn1. The Kier molecular flexibility index (Phi) is 3.57. The Labute approximate surface area is 104 Å². The summed E-state index contributed by atoms with van der Waals surface area (Å²) < 4.78 is 0. The van der Waals surface area contributed by atoms with Crippen LogP contribution in [0.1, 0.15) is 10.5 Å². The van der Waals surface area contributed by atoms with Gasteiger partial charge in [0.25, 0.3) is 5.91 Å². The zero-order chi connectivity index (χ0) is 12.1. The second-order valence-electron chi connectivity index (χ2n) is 3.27. The number of rotatable bonds is 3. The van der Waals surface area contributed by atoms with Gasteiger partial charge < -0.3 is 0 Å². The number of amides is 1. The molecule has 0 unspecified atom stereocenters. The first-order valence-electron chi connectivity index (χ1n) is 4.99. The molecule has 2 N–H and O–H groups in total. The molecule has 0 saturated carbocycles. The smallest absolute Gasteiger partial charge is 0.288 e. The van der Waals surface area contributed by atoms with Crippen LogP contribution in [0.2, 0.25) is 5.02 Å². The van der Waals surface area contributed by atoms with Gasteiger partial charge >= 0.3 is 0 Å². The molecule has 0 saturated heterocycles. The standard InChI is InChI=1S/C12H10ClN3O/c13-9-5-1-2-6-10(9)15-16-12(17)11-7-3-4-8-14-11/h1-8,15H,(H,16,17). The van der Waals surface area contributed by atoms with Crippen LogP contribution in [-0.4, -0.2) is 10.9 Å². The van der Waals surface area contributed by atoms with Gasteiger partial charge in [0.05, 0.1) is 10.7 Å². The van der Waals surface area contributed by atoms with Crippen LogP contribution in [0.3, 0.4) is 0 Å². The predicted octanol–water partition coefficient (Wildman–Crippen LogP) is 2.49. The number of hydrazine groups is 1. The van der Waals surface area contributed by atoms with Gasteiger partial charge in [-0.3, -0.25) is 20.6 Å². The molecule has 1 aromatic carbocycles. The van der Waals surface area contributed by atoms with Crippen LogP contribution in [0.5, 0.6) is 0 Å². The van der Waals surface area contributed by atoms with Gasteiger partial charge in [-0.1, -0.05) is 29.8 Å². The van der Waals surface area contributed by atoms with Crippen molar-refractivity contribution in [3.8, 4) is 0 Å². The van der Waals surface area contributed by atoms with E-state index in [-0.39, 0.29) is 5.91 Å². The molecule has 0 atom stereocenters. The highest BCUT2D eigenvalue weighted by molar-refractivity contribution is 6.33. The Bertz CT molecular complexity index is 516. The molecule has 2 aromatic rings. The van der Waals surface area contributed by atoms with E-state index in [1.165, 1.54) is 0 Å². The fourth-order valence-electron chi connectivity index (χ4n) is 1.25. The summed E-state index contributed by atoms with van der Waals surface area (Å²) in [6.07, 6.45) is 1.56. The van der Waals surface area contributed by atoms with Gasteiger partial charge in [-0.05, 0) is 24.3 Å². The summed E-state index contributed by atoms with van der Waals surface area (Å²) in [6.45, 7) is 0. The third-order valence-corrected chi connectivity index (χ3v) is 2.41. The Morgan fingerprint density at radius 2 is 1.88 bits per heavy atom. The minimum Gasteiger partial charge on any atom is -0.297 e. The molecule has 0 aliphatic rings. The lowest BCUT2D eigenvalue weighted by Gasteiger charge is -2.09. The van der Waals surface area contributed by atoms with E-state index < -0.39 is 0 Å². The molecule has 0 aliphatic heterocycles. The molecule has 0 spiro atoms. The summed E-state index contributed by atoms with van der Waals surface area (Å²) >= 11 is 5.92. The van der Waals surface area contributed by atoms with Crippen molar-refractivity contribution in [2.75, 3.05) is 5.43 Å². The average Bonchev–Trinajstić information content (AvgIpc) is 2.38. The summed E-state index contributed by atoms with van der Waals surface area (Å²) in [4.78, 5) is 15.6. The summed E-state index contributed by atoms with van der Waals surface area (Å²) in [6, 6.07) is 12.3. The van der Waals surface area contributed by atoms with E-state index in [0.717, 1.165) is 0 Å². The number of carbonyl (C=O) groups excluding carboxylic acids is 1. The van der Waals surface area contributed by atoms with Gasteiger partial charge in [-0.15, -0.1) is 0 Å². The molecule has 4 nitrogen and oxygen atoms in total. The second-order valence-corrected chi connectivity index (χ2v) is 3.68. The number of carbonyl (C=O) groups is 1. The summed E-state index contributed by atoms with van der Waals surface area (Å²) in [5.74, 6) is -0.314. The number of hydrogen-bond acceptors (Lipinski definition) is 3. The number of nitrogens with zero attached hydrogens (tertiary/aromatic N) is 1. The first kappa shape index (κ1) is 11.4. The molecule has 86 valence electrons. The van der Waals surface area contributed by atoms with Crippen molar-refractivity contribution >= 4 is 23.2 Å². The molecule has 1 amide bonds. The van der Waals surface area contributed by atoms with Gasteiger partial charge in [-0.25, -0.2) is 0 Å². The quantitative estimate of drug-likeness (QED) is 0.820. The molecule has 0 fully saturated rings. The normalized spacial score (nSPS) is 9.71. The molecular formula is C12H10ClN3O. The molecule has 5 heteroatoms. The highest BCUT2D eigenvalue weighted by Gasteiger charge is 2.05. The van der Waals surface area contributed by atoms with E-state index >= 15 is 0 Å². The second kappa shape index (κ2) is 5.32. The molecule has 1 heterocycles. The number of para-hydroxylation sites is 1. The van der Waals surface area contributed by atoms with Crippen LogP contribution in [0.4, 0.5) is 5.69 Å². The van der Waals surface area contributed by atoms with Gasteiger partial charge in [0.1, 0.15) is 5.69 Å². The van der Waals surface area contributed by atoms with Crippen molar-refractivity contribution in [1.29, 1.82) is 0 Å². The van der Waals surface area contributed by atoms with Gasteiger partial charge in [-0.2, -0.15) is 0 Å². The lowest BCUT2D eigenvalue weighted by atomic mass is 10.3. The zero-order valence-corrected chi connectivity index (χ0v) is 9.61. The molecule has 0 radical (unpaired) electrons. The monoisotopic (exact) mass is 247 g/mol. The van der Waals surface area contributed by atoms with E-state index in [4.69, 9.17) is 11.6 Å². The molecule has 0 bridgehead atoms. The summed E-state index contributed by atoms with van der Waals surface area (Å²) in [5, 5.41) is 0.536. The Morgan fingerprint density at radius 3 is 2.59 bits per heavy atom. The first-order valence-corrected chi connectivity index (χ1v) is 5.37. The maximum absolute atomic E-state index is 11.7. The number of pyridine rings is 1. The fraction of sp³-hybridized carbons (Fsp3) is 0. The van der Waals surface area contributed by atoms with Gasteiger partial charge in [0, 0.05) is 6.20 Å². The minimum atomic E-state index is -0.314. The van der Waals surface area contributed by atoms with E-state index in [2.05, 4.69) is 15.8 Å². The van der Waals surface area contributed by atoms with Crippen LogP contribution in [0.25, 0.3) is 0 Å². The van der Waals surface area contributed by atoms with E-state index in [1.807, 2.05) is 12.1 Å². The third kappa shape index (κ3) is 2.95. The van der Waals surface area contributed by atoms with Gasteiger partial charge in [0.2, 0.25) is 0 Å². The van der Waals surface area contributed by atoms with Crippen molar-refractivity contribution < 1.29 is 4.79 Å². The Balaban J connectivity index is 2.00. The maximum atomic E-state index is 11.7. The molecule has 2 rings (SSSR count). The van der Waals surface area contributed by atoms with Crippen molar-refractivity contribution in [1.82, 2.24) is 10.4 Å². The summed E-state index contributed by atoms with van der Waals surface area (Å²) in [7, 11) is 0. The first-order chi connectivity index (χ1) is 8.27. The highest BCUT2D eigenvalue weighted by Crippen LogP contribution is 2.19. The van der Waals surface area contributed by atoms with E-state index in [9.17, 15) is 4.79 Å². The number of benzene rings is 1. The number of halogens is 1.